The molecule has 3 heterocycles. The summed E-state index contributed by atoms with van der Waals surface area (Å²) >= 11 is 0. The van der Waals surface area contributed by atoms with Crippen molar-refractivity contribution in [2.24, 2.45) is 0 Å². The second-order valence-electron chi connectivity index (χ2n) is 7.71. The first-order valence-electron chi connectivity index (χ1n) is 10.4. The molecule has 1 aromatic carbocycles. The van der Waals surface area contributed by atoms with Crippen LogP contribution in [0.25, 0.3) is 0 Å². The lowest BCUT2D eigenvalue weighted by molar-refractivity contribution is -0.139. The van der Waals surface area contributed by atoms with Crippen LogP contribution in [0.5, 0.6) is 0 Å². The van der Waals surface area contributed by atoms with Gasteiger partial charge in [-0.2, -0.15) is 10.1 Å². The molecule has 30 heavy (non-hydrogen) atoms. The number of esters is 1. The third-order valence-corrected chi connectivity index (χ3v) is 5.75. The van der Waals surface area contributed by atoms with Crippen LogP contribution in [0.2, 0.25) is 0 Å². The molecule has 1 atom stereocenters. The number of carbonyl (C=O) groups excluding carboxylic acids is 2. The summed E-state index contributed by atoms with van der Waals surface area (Å²) in [4.78, 5) is 34.0. The van der Waals surface area contributed by atoms with Gasteiger partial charge in [0.25, 0.3) is 0 Å². The van der Waals surface area contributed by atoms with Crippen molar-refractivity contribution in [1.29, 1.82) is 0 Å². The van der Waals surface area contributed by atoms with Gasteiger partial charge in [0, 0.05) is 18.8 Å². The molecule has 1 unspecified atom stereocenters. The minimum absolute atomic E-state index is 0.0263. The third-order valence-electron chi connectivity index (χ3n) is 5.75. The van der Waals surface area contributed by atoms with E-state index in [1.54, 1.807) is 16.5 Å². The smallest absolute Gasteiger partial charge is 0.338 e. The fraction of sp³-hybridized carbons (Fsp3) is 0.455. The van der Waals surface area contributed by atoms with Crippen molar-refractivity contribution in [3.05, 3.63) is 53.0 Å². The van der Waals surface area contributed by atoms with E-state index in [4.69, 9.17) is 4.74 Å². The highest BCUT2D eigenvalue weighted by Crippen LogP contribution is 2.38. The zero-order valence-electron chi connectivity index (χ0n) is 17.7. The molecule has 0 radical (unpaired) electrons. The molecule has 0 spiro atoms. The number of nitrogens with zero attached hydrogens (tertiary/aromatic N) is 5. The number of rotatable bonds is 5. The molecule has 158 valence electrons. The topological polar surface area (TPSA) is 80.6 Å². The maximum atomic E-state index is 13.0. The van der Waals surface area contributed by atoms with Crippen LogP contribution >= 0.6 is 0 Å². The molecule has 1 amide bonds. The van der Waals surface area contributed by atoms with Crippen molar-refractivity contribution in [2.75, 3.05) is 31.1 Å². The van der Waals surface area contributed by atoms with Gasteiger partial charge in [0.05, 0.1) is 12.2 Å². The molecule has 8 nitrogen and oxygen atoms in total. The van der Waals surface area contributed by atoms with E-state index in [2.05, 4.69) is 10.1 Å². The zero-order valence-corrected chi connectivity index (χ0v) is 17.7. The summed E-state index contributed by atoms with van der Waals surface area (Å²) in [5.74, 6) is 0.178. The second kappa shape index (κ2) is 8.30. The van der Waals surface area contributed by atoms with Crippen molar-refractivity contribution in [2.45, 2.75) is 39.7 Å². The van der Waals surface area contributed by atoms with Crippen molar-refractivity contribution >= 4 is 17.8 Å². The highest BCUT2D eigenvalue weighted by atomic mass is 16.5. The average molecular weight is 409 g/mol. The SMILES string of the molecule is CCOC(=O)C1=C(C)N(CC(=O)N2CCCC2)c2ncnn2C1c1ccc(C)cc1. The lowest BCUT2D eigenvalue weighted by atomic mass is 9.94. The fourth-order valence-electron chi connectivity index (χ4n) is 4.15. The fourth-order valence-corrected chi connectivity index (χ4v) is 4.15. The molecular formula is C22H27N5O3. The normalized spacial score (nSPS) is 18.6. The van der Waals surface area contributed by atoms with Crippen molar-refractivity contribution < 1.29 is 14.3 Å². The number of aryl methyl sites for hydroxylation is 1. The van der Waals surface area contributed by atoms with Crippen molar-refractivity contribution in [3.63, 3.8) is 0 Å². The van der Waals surface area contributed by atoms with E-state index >= 15 is 0 Å². The largest absolute Gasteiger partial charge is 0.463 e. The first-order valence-corrected chi connectivity index (χ1v) is 10.4. The quantitative estimate of drug-likeness (QED) is 0.706. The number of carbonyl (C=O) groups is 2. The van der Waals surface area contributed by atoms with Gasteiger partial charge in [-0.05, 0) is 39.2 Å². The number of hydrogen-bond acceptors (Lipinski definition) is 6. The summed E-state index contributed by atoms with van der Waals surface area (Å²) in [6, 6.07) is 7.53. The van der Waals surface area contributed by atoms with Gasteiger partial charge >= 0.3 is 5.97 Å². The van der Waals surface area contributed by atoms with Gasteiger partial charge in [-0.3, -0.25) is 4.79 Å². The Labute approximate surface area is 176 Å². The number of likely N-dealkylation sites (tertiary alicyclic amines) is 1. The number of amides is 1. The van der Waals surface area contributed by atoms with E-state index in [9.17, 15) is 9.59 Å². The Balaban J connectivity index is 1.78. The molecule has 4 rings (SSSR count). The molecule has 0 aliphatic carbocycles. The summed E-state index contributed by atoms with van der Waals surface area (Å²) in [6.45, 7) is 7.60. The molecule has 1 aromatic heterocycles. The van der Waals surface area contributed by atoms with Crippen LogP contribution < -0.4 is 4.90 Å². The number of anilines is 1. The van der Waals surface area contributed by atoms with Gasteiger partial charge in [-0.25, -0.2) is 9.48 Å². The molecular weight excluding hydrogens is 382 g/mol. The van der Waals surface area contributed by atoms with Crippen LogP contribution in [0.1, 0.15) is 43.9 Å². The zero-order chi connectivity index (χ0) is 21.3. The molecule has 2 aliphatic heterocycles. The van der Waals surface area contributed by atoms with Crippen molar-refractivity contribution in [1.82, 2.24) is 19.7 Å². The summed E-state index contributed by atoms with van der Waals surface area (Å²) in [6.07, 6.45) is 3.52. The first-order chi connectivity index (χ1) is 14.5. The van der Waals surface area contributed by atoms with Crippen molar-refractivity contribution in [3.8, 4) is 0 Å². The Morgan fingerprint density at radius 3 is 2.50 bits per heavy atom. The lowest BCUT2D eigenvalue weighted by Crippen LogP contribution is -2.43. The number of aromatic nitrogens is 3. The van der Waals surface area contributed by atoms with E-state index in [-0.39, 0.29) is 19.1 Å². The molecule has 2 aliphatic rings. The standard InChI is InChI=1S/C22H27N5O3/c1-4-30-21(29)19-16(3)26(13-18(28)25-11-5-6-12-25)22-23-14-24-27(22)20(19)17-9-7-15(2)8-10-17/h7-10,14,20H,4-6,11-13H2,1-3H3. The van der Waals surface area contributed by atoms with Crippen LogP contribution in [0.3, 0.4) is 0 Å². The second-order valence-corrected chi connectivity index (χ2v) is 7.71. The Morgan fingerprint density at radius 2 is 1.83 bits per heavy atom. The highest BCUT2D eigenvalue weighted by molar-refractivity contribution is 5.93. The lowest BCUT2D eigenvalue weighted by Gasteiger charge is -2.35. The van der Waals surface area contributed by atoms with E-state index in [1.165, 1.54) is 6.33 Å². The van der Waals surface area contributed by atoms with E-state index in [0.29, 0.717) is 17.2 Å². The van der Waals surface area contributed by atoms with Gasteiger partial charge in [-0.1, -0.05) is 29.8 Å². The highest BCUT2D eigenvalue weighted by Gasteiger charge is 2.39. The monoisotopic (exact) mass is 409 g/mol. The Morgan fingerprint density at radius 1 is 1.13 bits per heavy atom. The van der Waals surface area contributed by atoms with Crippen LogP contribution in [0.4, 0.5) is 5.95 Å². The van der Waals surface area contributed by atoms with Gasteiger partial charge in [-0.15, -0.1) is 0 Å². The Hall–Kier alpha value is -3.16. The van der Waals surface area contributed by atoms with E-state index < -0.39 is 12.0 Å². The summed E-state index contributed by atoms with van der Waals surface area (Å²) in [7, 11) is 0. The van der Waals surface area contributed by atoms with Crippen LogP contribution in [-0.2, 0) is 14.3 Å². The minimum atomic E-state index is -0.458. The summed E-state index contributed by atoms with van der Waals surface area (Å²) in [5, 5.41) is 4.42. The minimum Gasteiger partial charge on any atom is -0.463 e. The molecule has 0 saturated carbocycles. The maximum absolute atomic E-state index is 13.0. The molecule has 1 fully saturated rings. The first kappa shape index (κ1) is 20.1. The third kappa shape index (κ3) is 3.58. The Kier molecular flexibility index (Phi) is 5.57. The molecule has 2 aromatic rings. The maximum Gasteiger partial charge on any atom is 0.338 e. The predicted molar refractivity (Wildman–Crippen MR) is 112 cm³/mol. The number of benzene rings is 1. The summed E-state index contributed by atoms with van der Waals surface area (Å²) in [5.41, 5.74) is 3.20. The average Bonchev–Trinajstić information content (AvgIpc) is 3.42. The number of fused-ring (bicyclic) bond motifs is 1. The number of ether oxygens (including phenoxy) is 1. The van der Waals surface area contributed by atoms with Gasteiger partial charge < -0.3 is 14.5 Å². The van der Waals surface area contributed by atoms with Crippen LogP contribution in [0, 0.1) is 6.92 Å². The van der Waals surface area contributed by atoms with Gasteiger partial charge in [0.1, 0.15) is 18.9 Å². The van der Waals surface area contributed by atoms with Gasteiger partial charge in [0.15, 0.2) is 0 Å². The summed E-state index contributed by atoms with van der Waals surface area (Å²) < 4.78 is 7.10. The van der Waals surface area contributed by atoms with E-state index in [0.717, 1.165) is 37.1 Å². The van der Waals surface area contributed by atoms with Crippen LogP contribution in [0.15, 0.2) is 41.9 Å². The van der Waals surface area contributed by atoms with Gasteiger partial charge in [0.2, 0.25) is 11.9 Å². The molecule has 0 bridgehead atoms. The molecule has 8 heteroatoms. The number of hydrogen-bond donors (Lipinski definition) is 0. The Bertz CT molecular complexity index is 973. The number of allylic oxidation sites excluding steroid dienone is 1. The van der Waals surface area contributed by atoms with E-state index in [1.807, 2.05) is 43.0 Å². The van der Waals surface area contributed by atoms with Crippen LogP contribution in [-0.4, -0.2) is 57.8 Å². The molecule has 0 N–H and O–H groups in total. The molecule has 1 saturated heterocycles. The predicted octanol–water partition coefficient (Wildman–Crippen LogP) is 2.46.